The fraction of sp³-hybridized carbons (Fsp3) is 0.200. The molecule has 2 aromatic rings. The number of ether oxygens (including phenoxy) is 1. The van der Waals surface area contributed by atoms with Crippen LogP contribution in [0.25, 0.3) is 0 Å². The monoisotopic (exact) mass is 418 g/mol. The molecule has 0 saturated heterocycles. The third kappa shape index (κ3) is 5.35. The molecule has 29 heavy (non-hydrogen) atoms. The summed E-state index contributed by atoms with van der Waals surface area (Å²) in [6, 6.07) is 10.2. The van der Waals surface area contributed by atoms with E-state index in [1.807, 2.05) is 0 Å². The van der Waals surface area contributed by atoms with Gasteiger partial charge in [0.05, 0.1) is 10.6 Å². The first-order chi connectivity index (χ1) is 13.7. The van der Waals surface area contributed by atoms with Crippen molar-refractivity contribution < 1.29 is 27.9 Å². The molecule has 1 amide bonds. The molecule has 0 bridgehead atoms. The van der Waals surface area contributed by atoms with Crippen molar-refractivity contribution in [1.82, 2.24) is 0 Å². The van der Waals surface area contributed by atoms with E-state index in [0.29, 0.717) is 11.4 Å². The van der Waals surface area contributed by atoms with Crippen LogP contribution < -0.4 is 14.4 Å². The maximum atomic E-state index is 13.3. The summed E-state index contributed by atoms with van der Waals surface area (Å²) in [5.74, 6) is -1.22. The lowest BCUT2D eigenvalue weighted by atomic mass is 10.2. The van der Waals surface area contributed by atoms with Crippen LogP contribution in [-0.2, 0) is 19.6 Å². The Balaban J connectivity index is 2.50. The summed E-state index contributed by atoms with van der Waals surface area (Å²) in [5, 5.41) is 12.0. The van der Waals surface area contributed by atoms with Crippen LogP contribution in [0.15, 0.2) is 66.1 Å². The van der Waals surface area contributed by atoms with Crippen LogP contribution in [0.2, 0.25) is 0 Å². The van der Waals surface area contributed by atoms with Gasteiger partial charge < -0.3 is 15.2 Å². The maximum absolute atomic E-state index is 13.3. The molecular formula is C20H22N2O6S. The molecule has 0 radical (unpaired) electrons. The summed E-state index contributed by atoms with van der Waals surface area (Å²) < 4.78 is 32.8. The van der Waals surface area contributed by atoms with Gasteiger partial charge in [0.15, 0.2) is 0 Å². The summed E-state index contributed by atoms with van der Waals surface area (Å²) in [6.45, 7) is 6.39. The Morgan fingerprint density at radius 2 is 1.90 bits per heavy atom. The molecule has 0 spiro atoms. The lowest BCUT2D eigenvalue weighted by Gasteiger charge is -2.28. The minimum atomic E-state index is -4.22. The van der Waals surface area contributed by atoms with Crippen molar-refractivity contribution in [3.63, 3.8) is 0 Å². The van der Waals surface area contributed by atoms with Gasteiger partial charge in [0.2, 0.25) is 5.91 Å². The number of sulfonamides is 1. The van der Waals surface area contributed by atoms with Crippen molar-refractivity contribution in [1.29, 1.82) is 0 Å². The Labute approximate surface area is 169 Å². The predicted molar refractivity (Wildman–Crippen MR) is 110 cm³/mol. The summed E-state index contributed by atoms with van der Waals surface area (Å²) in [5.41, 5.74) is 0.571. The highest BCUT2D eigenvalue weighted by Gasteiger charge is 2.33. The summed E-state index contributed by atoms with van der Waals surface area (Å²) in [4.78, 5) is 22.7. The molecule has 0 aromatic heterocycles. The second-order valence-corrected chi connectivity index (χ2v) is 7.93. The highest BCUT2D eigenvalue weighted by atomic mass is 32.2. The Bertz CT molecular complexity index is 1000. The number of amides is 1. The highest BCUT2D eigenvalue weighted by Crippen LogP contribution is 2.30. The number of benzene rings is 2. The quantitative estimate of drug-likeness (QED) is 0.606. The van der Waals surface area contributed by atoms with E-state index in [1.54, 1.807) is 12.1 Å². The number of hydrogen-bond donors (Lipinski definition) is 2. The lowest BCUT2D eigenvalue weighted by molar-refractivity contribution is -0.137. The number of carboxylic acids is 1. The van der Waals surface area contributed by atoms with E-state index in [4.69, 9.17) is 4.74 Å². The number of nitrogens with zero attached hydrogens (tertiary/aromatic N) is 1. The zero-order valence-corrected chi connectivity index (χ0v) is 16.8. The second-order valence-electron chi connectivity index (χ2n) is 6.12. The van der Waals surface area contributed by atoms with E-state index in [0.717, 1.165) is 4.31 Å². The molecule has 0 fully saturated rings. The van der Waals surface area contributed by atoms with Crippen molar-refractivity contribution in [2.45, 2.75) is 24.8 Å². The van der Waals surface area contributed by atoms with E-state index < -0.39 is 22.0 Å². The van der Waals surface area contributed by atoms with Crippen molar-refractivity contribution in [3.05, 3.63) is 61.2 Å². The van der Waals surface area contributed by atoms with Gasteiger partial charge in [-0.3, -0.25) is 9.10 Å². The average molecular weight is 418 g/mol. The molecular weight excluding hydrogens is 396 g/mol. The van der Waals surface area contributed by atoms with Gasteiger partial charge in [-0.1, -0.05) is 18.7 Å². The standard InChI is InChI=1S/C20H22N2O6S/c1-4-12-28-18-7-5-6-17(13-18)22(14(2)20(24)25)29(26,27)19-10-8-16(9-11-19)21-15(3)23/h4-11,13-14H,1,12H2,2-3H3,(H,21,23)(H,24,25). The molecule has 154 valence electrons. The van der Waals surface area contributed by atoms with Crippen LogP contribution in [0.1, 0.15) is 13.8 Å². The van der Waals surface area contributed by atoms with Crippen LogP contribution in [-0.4, -0.2) is 38.0 Å². The Hall–Kier alpha value is -3.33. The molecule has 2 N–H and O–H groups in total. The zero-order valence-electron chi connectivity index (χ0n) is 16.0. The highest BCUT2D eigenvalue weighted by molar-refractivity contribution is 7.92. The van der Waals surface area contributed by atoms with E-state index >= 15 is 0 Å². The molecule has 0 aliphatic rings. The molecule has 0 aliphatic carbocycles. The van der Waals surface area contributed by atoms with E-state index in [9.17, 15) is 23.1 Å². The van der Waals surface area contributed by atoms with Crippen molar-refractivity contribution in [2.75, 3.05) is 16.2 Å². The van der Waals surface area contributed by atoms with Crippen molar-refractivity contribution >= 4 is 33.3 Å². The van der Waals surface area contributed by atoms with Gasteiger partial charge in [0, 0.05) is 18.7 Å². The molecule has 0 saturated carbocycles. The minimum absolute atomic E-state index is 0.114. The van der Waals surface area contributed by atoms with Gasteiger partial charge in [0.1, 0.15) is 18.4 Å². The number of aliphatic carboxylic acids is 1. The van der Waals surface area contributed by atoms with Crippen LogP contribution in [0.5, 0.6) is 5.75 Å². The number of carbonyl (C=O) groups is 2. The van der Waals surface area contributed by atoms with E-state index in [2.05, 4.69) is 11.9 Å². The Morgan fingerprint density at radius 1 is 1.24 bits per heavy atom. The number of rotatable bonds is 9. The van der Waals surface area contributed by atoms with Gasteiger partial charge in [0.25, 0.3) is 10.0 Å². The zero-order chi connectivity index (χ0) is 21.6. The number of carboxylic acid groups (broad SMARTS) is 1. The summed E-state index contributed by atoms with van der Waals surface area (Å²) >= 11 is 0. The summed E-state index contributed by atoms with van der Waals surface area (Å²) in [7, 11) is -4.22. The molecule has 0 heterocycles. The third-order valence-electron chi connectivity index (χ3n) is 3.88. The smallest absolute Gasteiger partial charge is 0.327 e. The normalized spacial score (nSPS) is 11.9. The maximum Gasteiger partial charge on any atom is 0.327 e. The SMILES string of the molecule is C=CCOc1cccc(N(C(C)C(=O)O)S(=O)(=O)c2ccc(NC(C)=O)cc2)c1. The second kappa shape index (κ2) is 9.24. The third-order valence-corrected chi connectivity index (χ3v) is 5.79. The van der Waals surface area contributed by atoms with Gasteiger partial charge >= 0.3 is 5.97 Å². The topological polar surface area (TPSA) is 113 Å². The van der Waals surface area contributed by atoms with Crippen LogP contribution in [0.3, 0.4) is 0 Å². The molecule has 0 aliphatic heterocycles. The Kier molecular flexibility index (Phi) is 7.00. The first-order valence-corrected chi connectivity index (χ1v) is 10.1. The first-order valence-electron chi connectivity index (χ1n) is 8.65. The molecule has 1 atom stereocenters. The van der Waals surface area contributed by atoms with Gasteiger partial charge in [-0.25, -0.2) is 13.2 Å². The van der Waals surface area contributed by atoms with E-state index in [-0.39, 0.29) is 23.1 Å². The number of nitrogens with one attached hydrogen (secondary N) is 1. The molecule has 9 heteroatoms. The lowest BCUT2D eigenvalue weighted by Crippen LogP contribution is -2.43. The Morgan fingerprint density at radius 3 is 2.45 bits per heavy atom. The fourth-order valence-electron chi connectivity index (χ4n) is 2.56. The van der Waals surface area contributed by atoms with Crippen molar-refractivity contribution in [2.24, 2.45) is 0 Å². The van der Waals surface area contributed by atoms with Crippen molar-refractivity contribution in [3.8, 4) is 5.75 Å². The van der Waals surface area contributed by atoms with Gasteiger partial charge in [-0.15, -0.1) is 0 Å². The molecule has 8 nitrogen and oxygen atoms in total. The largest absolute Gasteiger partial charge is 0.489 e. The molecule has 2 aromatic carbocycles. The van der Waals surface area contributed by atoms with Crippen LogP contribution in [0, 0.1) is 0 Å². The van der Waals surface area contributed by atoms with E-state index in [1.165, 1.54) is 56.3 Å². The predicted octanol–water partition coefficient (Wildman–Crippen LogP) is 2.88. The minimum Gasteiger partial charge on any atom is -0.489 e. The van der Waals surface area contributed by atoms with Gasteiger partial charge in [-0.2, -0.15) is 0 Å². The first kappa shape index (κ1) is 22.0. The molecule has 2 rings (SSSR count). The average Bonchev–Trinajstić information content (AvgIpc) is 2.66. The van der Waals surface area contributed by atoms with Crippen LogP contribution >= 0.6 is 0 Å². The molecule has 1 unspecified atom stereocenters. The number of carbonyl (C=O) groups excluding carboxylic acids is 1. The van der Waals surface area contributed by atoms with Gasteiger partial charge in [-0.05, 0) is 43.3 Å². The number of hydrogen-bond acceptors (Lipinski definition) is 5. The number of anilines is 2. The summed E-state index contributed by atoms with van der Waals surface area (Å²) in [6.07, 6.45) is 1.54. The van der Waals surface area contributed by atoms with Crippen LogP contribution in [0.4, 0.5) is 11.4 Å². The fourth-order valence-corrected chi connectivity index (χ4v) is 4.17.